The molecule has 1 saturated carbocycles. The van der Waals surface area contributed by atoms with Crippen LogP contribution in [0, 0.1) is 5.92 Å². The molecule has 1 atom stereocenters. The number of fused-ring (bicyclic) bond motifs is 1. The van der Waals surface area contributed by atoms with Crippen LogP contribution in [0.5, 0.6) is 5.75 Å². The van der Waals surface area contributed by atoms with Crippen molar-refractivity contribution in [2.24, 2.45) is 5.92 Å². The number of hydrogen-bond acceptors (Lipinski definition) is 3. The van der Waals surface area contributed by atoms with Gasteiger partial charge < -0.3 is 10.1 Å². The Hall–Kier alpha value is -1.58. The third kappa shape index (κ3) is 2.96. The van der Waals surface area contributed by atoms with E-state index in [-0.39, 0.29) is 0 Å². The summed E-state index contributed by atoms with van der Waals surface area (Å²) in [6, 6.07) is 13.7. The number of nitrogens with zero attached hydrogens (tertiary/aromatic N) is 1. The molecule has 1 aliphatic heterocycles. The van der Waals surface area contributed by atoms with E-state index in [0.717, 1.165) is 44.5 Å². The number of nitrogens with one attached hydrogen (secondary N) is 1. The topological polar surface area (TPSA) is 24.5 Å². The molecule has 2 aromatic carbocycles. The highest BCUT2D eigenvalue weighted by atomic mass is 16.5. The van der Waals surface area contributed by atoms with Crippen molar-refractivity contribution < 1.29 is 4.74 Å². The van der Waals surface area contributed by atoms with Gasteiger partial charge in [0.1, 0.15) is 5.75 Å². The molecule has 0 amide bonds. The van der Waals surface area contributed by atoms with Gasteiger partial charge in [-0.3, -0.25) is 4.90 Å². The third-order valence-corrected chi connectivity index (χ3v) is 5.14. The van der Waals surface area contributed by atoms with Gasteiger partial charge in [-0.25, -0.2) is 0 Å². The van der Waals surface area contributed by atoms with E-state index in [4.69, 9.17) is 4.74 Å². The maximum Gasteiger partial charge on any atom is 0.124 e. The standard InChI is InChI=1S/C20H26N2O/c1-2-23-18-10-9-15-5-3-4-6-17(15)19(18)20(16-7-8-16)22-13-11-21-12-14-22/h3-6,9-10,16,20-21H,2,7-8,11-14H2,1H3/t20-/m1/s1. The van der Waals surface area contributed by atoms with Crippen molar-refractivity contribution in [2.45, 2.75) is 25.8 Å². The molecule has 1 heterocycles. The molecule has 3 nitrogen and oxygen atoms in total. The maximum absolute atomic E-state index is 6.05. The first-order chi connectivity index (χ1) is 11.4. The Labute approximate surface area is 138 Å². The van der Waals surface area contributed by atoms with Crippen LogP contribution >= 0.6 is 0 Å². The van der Waals surface area contributed by atoms with E-state index in [9.17, 15) is 0 Å². The molecular weight excluding hydrogens is 284 g/mol. The largest absolute Gasteiger partial charge is 0.494 e. The van der Waals surface area contributed by atoms with Crippen LogP contribution in [0.2, 0.25) is 0 Å². The normalized spacial score (nSPS) is 20.6. The summed E-state index contributed by atoms with van der Waals surface area (Å²) in [6.45, 7) is 7.27. The van der Waals surface area contributed by atoms with Gasteiger partial charge in [-0.2, -0.15) is 0 Å². The quantitative estimate of drug-likeness (QED) is 0.913. The van der Waals surface area contributed by atoms with Crippen LogP contribution in [0.1, 0.15) is 31.4 Å². The Morgan fingerprint density at radius 2 is 1.91 bits per heavy atom. The minimum absolute atomic E-state index is 0.504. The first-order valence-electron chi connectivity index (χ1n) is 8.97. The molecule has 0 bridgehead atoms. The highest BCUT2D eigenvalue weighted by Crippen LogP contribution is 2.49. The van der Waals surface area contributed by atoms with Gasteiger partial charge in [-0.15, -0.1) is 0 Å². The van der Waals surface area contributed by atoms with Crippen LogP contribution in [-0.4, -0.2) is 37.7 Å². The van der Waals surface area contributed by atoms with Crippen molar-refractivity contribution in [1.82, 2.24) is 10.2 Å². The van der Waals surface area contributed by atoms with Crippen LogP contribution in [0.4, 0.5) is 0 Å². The minimum atomic E-state index is 0.504. The molecule has 4 rings (SSSR count). The highest BCUT2D eigenvalue weighted by molar-refractivity contribution is 5.88. The SMILES string of the molecule is CCOc1ccc2ccccc2c1[C@@H](C1CC1)N1CCNCC1. The van der Waals surface area contributed by atoms with Crippen molar-refractivity contribution in [3.8, 4) is 5.75 Å². The van der Waals surface area contributed by atoms with Crippen LogP contribution in [0.3, 0.4) is 0 Å². The van der Waals surface area contributed by atoms with Crippen molar-refractivity contribution in [2.75, 3.05) is 32.8 Å². The summed E-state index contributed by atoms with van der Waals surface area (Å²) < 4.78 is 6.05. The van der Waals surface area contributed by atoms with Gasteiger partial charge in [0, 0.05) is 37.8 Å². The van der Waals surface area contributed by atoms with Gasteiger partial charge in [0.05, 0.1) is 6.61 Å². The third-order valence-electron chi connectivity index (χ3n) is 5.14. The molecule has 0 aromatic heterocycles. The van der Waals surface area contributed by atoms with Gasteiger partial charge in [-0.05, 0) is 42.5 Å². The molecule has 2 aromatic rings. The predicted octanol–water partition coefficient (Wildman–Crippen LogP) is 3.59. The van der Waals surface area contributed by atoms with E-state index in [0.29, 0.717) is 6.04 Å². The van der Waals surface area contributed by atoms with Crippen molar-refractivity contribution in [1.29, 1.82) is 0 Å². The smallest absolute Gasteiger partial charge is 0.124 e. The van der Waals surface area contributed by atoms with Gasteiger partial charge in [0.2, 0.25) is 0 Å². The molecule has 2 aliphatic rings. The fraction of sp³-hybridized carbons (Fsp3) is 0.500. The second-order valence-electron chi connectivity index (χ2n) is 6.70. The minimum Gasteiger partial charge on any atom is -0.494 e. The molecular formula is C20H26N2O. The number of benzene rings is 2. The average Bonchev–Trinajstić information content (AvgIpc) is 3.43. The molecule has 2 fully saturated rings. The Bertz CT molecular complexity index is 674. The molecule has 0 radical (unpaired) electrons. The lowest BCUT2D eigenvalue weighted by atomic mass is 9.93. The number of hydrogen-bond donors (Lipinski definition) is 1. The van der Waals surface area contributed by atoms with Crippen LogP contribution in [0.15, 0.2) is 36.4 Å². The lowest BCUT2D eigenvalue weighted by molar-refractivity contribution is 0.153. The van der Waals surface area contributed by atoms with E-state index in [2.05, 4.69) is 53.5 Å². The van der Waals surface area contributed by atoms with E-state index >= 15 is 0 Å². The Morgan fingerprint density at radius 1 is 1.13 bits per heavy atom. The Kier molecular flexibility index (Phi) is 4.23. The molecule has 122 valence electrons. The second kappa shape index (κ2) is 6.50. The van der Waals surface area contributed by atoms with Crippen molar-refractivity contribution in [3.63, 3.8) is 0 Å². The zero-order valence-electron chi connectivity index (χ0n) is 13.9. The van der Waals surface area contributed by atoms with E-state index in [1.54, 1.807) is 0 Å². The number of ether oxygens (including phenoxy) is 1. The number of rotatable bonds is 5. The number of piperazine rings is 1. The molecule has 1 aliphatic carbocycles. The summed E-state index contributed by atoms with van der Waals surface area (Å²) in [4.78, 5) is 2.68. The summed E-state index contributed by atoms with van der Waals surface area (Å²) in [5, 5.41) is 6.18. The zero-order valence-corrected chi connectivity index (χ0v) is 13.9. The highest BCUT2D eigenvalue weighted by Gasteiger charge is 2.39. The zero-order chi connectivity index (χ0) is 15.6. The maximum atomic E-state index is 6.05. The van der Waals surface area contributed by atoms with Crippen molar-refractivity contribution in [3.05, 3.63) is 42.0 Å². The average molecular weight is 310 g/mol. The lowest BCUT2D eigenvalue weighted by Gasteiger charge is -2.36. The van der Waals surface area contributed by atoms with Gasteiger partial charge in [0.25, 0.3) is 0 Å². The lowest BCUT2D eigenvalue weighted by Crippen LogP contribution is -2.45. The van der Waals surface area contributed by atoms with E-state index < -0.39 is 0 Å². The van der Waals surface area contributed by atoms with Crippen LogP contribution in [-0.2, 0) is 0 Å². The first-order valence-corrected chi connectivity index (χ1v) is 8.97. The molecule has 0 unspecified atom stereocenters. The Balaban J connectivity index is 1.84. The summed E-state index contributed by atoms with van der Waals surface area (Å²) in [6.07, 6.45) is 2.70. The van der Waals surface area contributed by atoms with Crippen LogP contribution in [0.25, 0.3) is 10.8 Å². The molecule has 1 saturated heterocycles. The van der Waals surface area contributed by atoms with E-state index in [1.807, 2.05) is 0 Å². The predicted molar refractivity (Wildman–Crippen MR) is 95.0 cm³/mol. The molecule has 0 spiro atoms. The summed E-state index contributed by atoms with van der Waals surface area (Å²) >= 11 is 0. The summed E-state index contributed by atoms with van der Waals surface area (Å²) in [5.74, 6) is 1.87. The molecule has 3 heteroatoms. The Morgan fingerprint density at radius 3 is 2.65 bits per heavy atom. The van der Waals surface area contributed by atoms with Crippen LogP contribution < -0.4 is 10.1 Å². The first kappa shape index (κ1) is 15.0. The monoisotopic (exact) mass is 310 g/mol. The molecule has 23 heavy (non-hydrogen) atoms. The van der Waals surface area contributed by atoms with Crippen molar-refractivity contribution >= 4 is 10.8 Å². The summed E-state index contributed by atoms with van der Waals surface area (Å²) in [7, 11) is 0. The second-order valence-corrected chi connectivity index (χ2v) is 6.70. The summed E-state index contributed by atoms with van der Waals surface area (Å²) in [5.41, 5.74) is 1.43. The van der Waals surface area contributed by atoms with E-state index in [1.165, 1.54) is 29.2 Å². The fourth-order valence-electron chi connectivity index (χ4n) is 3.95. The molecule has 1 N–H and O–H groups in total. The van der Waals surface area contributed by atoms with Gasteiger partial charge >= 0.3 is 0 Å². The van der Waals surface area contributed by atoms with Gasteiger partial charge in [0.15, 0.2) is 0 Å². The van der Waals surface area contributed by atoms with Gasteiger partial charge in [-0.1, -0.05) is 30.3 Å². The fourth-order valence-corrected chi connectivity index (χ4v) is 3.95.